The standard InChI is InChI=1S/C21H21N5OS/c1-13-8-10-16(11-9-13)18-17(19(22)27)14(2)23-20-24-21(25-26(18)20)28-12-15-6-4-3-5-7-15/h3-11,18H,12H2,1-2H3,(H2,22,27)(H,23,24,25). The number of rotatable bonds is 5. The molecule has 1 aliphatic rings. The van der Waals surface area contributed by atoms with Crippen molar-refractivity contribution in [2.45, 2.75) is 30.8 Å². The van der Waals surface area contributed by atoms with E-state index >= 15 is 0 Å². The second-order valence-corrected chi connectivity index (χ2v) is 7.72. The summed E-state index contributed by atoms with van der Waals surface area (Å²) in [6, 6.07) is 17.8. The molecule has 0 aliphatic carbocycles. The zero-order chi connectivity index (χ0) is 19.7. The third kappa shape index (κ3) is 3.53. The van der Waals surface area contributed by atoms with E-state index < -0.39 is 11.9 Å². The van der Waals surface area contributed by atoms with Gasteiger partial charge in [0.1, 0.15) is 6.04 Å². The molecule has 0 bridgehead atoms. The van der Waals surface area contributed by atoms with E-state index in [2.05, 4.69) is 27.5 Å². The molecule has 0 saturated heterocycles. The first-order valence-corrected chi connectivity index (χ1v) is 9.99. The van der Waals surface area contributed by atoms with Crippen molar-refractivity contribution in [2.75, 3.05) is 5.32 Å². The number of nitrogens with zero attached hydrogens (tertiary/aromatic N) is 3. The van der Waals surface area contributed by atoms with Crippen LogP contribution in [0, 0.1) is 6.92 Å². The Hall–Kier alpha value is -3.06. The Labute approximate surface area is 167 Å². The first-order chi connectivity index (χ1) is 13.5. The largest absolute Gasteiger partial charge is 0.366 e. The second kappa shape index (κ2) is 7.52. The molecule has 0 fully saturated rings. The van der Waals surface area contributed by atoms with Crippen LogP contribution >= 0.6 is 11.8 Å². The molecule has 6 nitrogen and oxygen atoms in total. The summed E-state index contributed by atoms with van der Waals surface area (Å²) in [5.41, 5.74) is 10.2. The number of aromatic nitrogens is 3. The van der Waals surface area contributed by atoms with E-state index in [0.29, 0.717) is 22.4 Å². The van der Waals surface area contributed by atoms with Crippen LogP contribution in [0.5, 0.6) is 0 Å². The number of nitrogens with one attached hydrogen (secondary N) is 1. The van der Waals surface area contributed by atoms with Gasteiger partial charge in [-0.05, 0) is 25.0 Å². The van der Waals surface area contributed by atoms with Crippen molar-refractivity contribution in [2.24, 2.45) is 5.73 Å². The fourth-order valence-electron chi connectivity index (χ4n) is 3.29. The summed E-state index contributed by atoms with van der Waals surface area (Å²) < 4.78 is 1.76. The predicted molar refractivity (Wildman–Crippen MR) is 111 cm³/mol. The van der Waals surface area contributed by atoms with Crippen LogP contribution in [0.15, 0.2) is 71.0 Å². The topological polar surface area (TPSA) is 85.8 Å². The molecule has 1 unspecified atom stereocenters. The van der Waals surface area contributed by atoms with E-state index in [1.54, 1.807) is 16.4 Å². The number of hydrogen-bond acceptors (Lipinski definition) is 5. The maximum atomic E-state index is 12.2. The van der Waals surface area contributed by atoms with Crippen LogP contribution in [0.3, 0.4) is 0 Å². The van der Waals surface area contributed by atoms with E-state index in [1.807, 2.05) is 56.3 Å². The van der Waals surface area contributed by atoms with Crippen LogP contribution in [-0.2, 0) is 10.5 Å². The number of allylic oxidation sites excluding steroid dienone is 1. The second-order valence-electron chi connectivity index (χ2n) is 6.78. The third-order valence-electron chi connectivity index (χ3n) is 4.70. The molecule has 0 spiro atoms. The van der Waals surface area contributed by atoms with Crippen molar-refractivity contribution in [3.05, 3.63) is 82.6 Å². The molecular formula is C21H21N5OS. The first kappa shape index (κ1) is 18.3. The summed E-state index contributed by atoms with van der Waals surface area (Å²) in [7, 11) is 0. The third-order valence-corrected chi connectivity index (χ3v) is 5.61. The van der Waals surface area contributed by atoms with Gasteiger partial charge in [0.2, 0.25) is 17.0 Å². The van der Waals surface area contributed by atoms with Crippen LogP contribution in [-0.4, -0.2) is 20.7 Å². The van der Waals surface area contributed by atoms with E-state index in [1.165, 1.54) is 5.56 Å². The molecule has 3 N–H and O–H groups in total. The van der Waals surface area contributed by atoms with Crippen LogP contribution in [0.1, 0.15) is 29.7 Å². The molecule has 0 saturated carbocycles. The quantitative estimate of drug-likeness (QED) is 0.649. The highest BCUT2D eigenvalue weighted by Gasteiger charge is 2.33. The maximum Gasteiger partial charge on any atom is 0.248 e. The fraction of sp³-hybridized carbons (Fsp3) is 0.190. The van der Waals surface area contributed by atoms with Gasteiger partial charge in [0.15, 0.2) is 0 Å². The van der Waals surface area contributed by atoms with Crippen LogP contribution in [0.4, 0.5) is 5.95 Å². The van der Waals surface area contributed by atoms with Gasteiger partial charge in [-0.2, -0.15) is 4.98 Å². The molecule has 1 atom stereocenters. The summed E-state index contributed by atoms with van der Waals surface area (Å²) in [6.07, 6.45) is 0. The number of fused-ring (bicyclic) bond motifs is 1. The van der Waals surface area contributed by atoms with Gasteiger partial charge in [0, 0.05) is 11.4 Å². The number of primary amides is 1. The van der Waals surface area contributed by atoms with Gasteiger partial charge < -0.3 is 11.1 Å². The lowest BCUT2D eigenvalue weighted by Crippen LogP contribution is -2.31. The Morgan fingerprint density at radius 3 is 2.54 bits per heavy atom. The van der Waals surface area contributed by atoms with E-state index in [9.17, 15) is 4.79 Å². The van der Waals surface area contributed by atoms with Gasteiger partial charge in [0.05, 0.1) is 5.57 Å². The Kier molecular flexibility index (Phi) is 4.92. The van der Waals surface area contributed by atoms with Gasteiger partial charge >= 0.3 is 0 Å². The average molecular weight is 392 g/mol. The molecule has 142 valence electrons. The zero-order valence-electron chi connectivity index (χ0n) is 15.7. The molecule has 2 heterocycles. The van der Waals surface area contributed by atoms with Crippen molar-refractivity contribution >= 4 is 23.6 Å². The first-order valence-electron chi connectivity index (χ1n) is 9.00. The molecule has 3 aromatic rings. The number of carbonyl (C=O) groups excluding carboxylic acids is 1. The normalized spacial score (nSPS) is 15.9. The van der Waals surface area contributed by atoms with Crippen molar-refractivity contribution in [3.63, 3.8) is 0 Å². The lowest BCUT2D eigenvalue weighted by Gasteiger charge is -2.27. The fourth-order valence-corrected chi connectivity index (χ4v) is 4.08. The number of thioether (sulfide) groups is 1. The summed E-state index contributed by atoms with van der Waals surface area (Å²) in [5.74, 6) is 0.924. The number of carbonyl (C=O) groups is 1. The monoisotopic (exact) mass is 391 g/mol. The Morgan fingerprint density at radius 2 is 1.86 bits per heavy atom. The highest BCUT2D eigenvalue weighted by atomic mass is 32.2. The molecule has 0 radical (unpaired) electrons. The van der Waals surface area contributed by atoms with Crippen molar-refractivity contribution in [1.82, 2.24) is 14.8 Å². The van der Waals surface area contributed by atoms with Crippen LogP contribution in [0.2, 0.25) is 0 Å². The molecule has 1 aliphatic heterocycles. The molecule has 2 aromatic carbocycles. The summed E-state index contributed by atoms with van der Waals surface area (Å²) in [6.45, 7) is 3.87. The lowest BCUT2D eigenvalue weighted by molar-refractivity contribution is -0.115. The zero-order valence-corrected chi connectivity index (χ0v) is 16.5. The number of benzene rings is 2. The Morgan fingerprint density at radius 1 is 1.14 bits per heavy atom. The molecule has 7 heteroatoms. The number of aryl methyl sites for hydroxylation is 1. The smallest absolute Gasteiger partial charge is 0.248 e. The summed E-state index contributed by atoms with van der Waals surface area (Å²) in [5, 5.41) is 8.51. The number of anilines is 1. The highest BCUT2D eigenvalue weighted by Crippen LogP contribution is 2.36. The van der Waals surface area contributed by atoms with E-state index in [4.69, 9.17) is 5.73 Å². The Balaban J connectivity index is 1.69. The summed E-state index contributed by atoms with van der Waals surface area (Å²) in [4.78, 5) is 16.8. The van der Waals surface area contributed by atoms with Gasteiger partial charge in [0.25, 0.3) is 0 Å². The van der Waals surface area contributed by atoms with Crippen molar-refractivity contribution in [3.8, 4) is 0 Å². The summed E-state index contributed by atoms with van der Waals surface area (Å²) >= 11 is 1.56. The molecule has 28 heavy (non-hydrogen) atoms. The van der Waals surface area contributed by atoms with Gasteiger partial charge in [-0.3, -0.25) is 4.79 Å². The maximum absolute atomic E-state index is 12.2. The Bertz CT molecular complexity index is 1040. The number of amides is 1. The molecule has 1 amide bonds. The minimum absolute atomic E-state index is 0.395. The molecule has 1 aromatic heterocycles. The van der Waals surface area contributed by atoms with Crippen LogP contribution < -0.4 is 11.1 Å². The molecule has 4 rings (SSSR count). The van der Waals surface area contributed by atoms with Gasteiger partial charge in [-0.15, -0.1) is 5.10 Å². The van der Waals surface area contributed by atoms with E-state index in [0.717, 1.165) is 16.9 Å². The van der Waals surface area contributed by atoms with Crippen molar-refractivity contribution < 1.29 is 4.79 Å². The van der Waals surface area contributed by atoms with E-state index in [-0.39, 0.29) is 0 Å². The lowest BCUT2D eigenvalue weighted by atomic mass is 9.95. The van der Waals surface area contributed by atoms with Gasteiger partial charge in [-0.25, -0.2) is 4.68 Å². The number of hydrogen-bond donors (Lipinski definition) is 2. The van der Waals surface area contributed by atoms with Gasteiger partial charge in [-0.1, -0.05) is 71.9 Å². The van der Waals surface area contributed by atoms with Crippen molar-refractivity contribution in [1.29, 1.82) is 0 Å². The minimum atomic E-state index is -0.463. The average Bonchev–Trinajstić information content (AvgIpc) is 3.09. The predicted octanol–water partition coefficient (Wildman–Crippen LogP) is 3.65. The van der Waals surface area contributed by atoms with Crippen LogP contribution in [0.25, 0.3) is 0 Å². The highest BCUT2D eigenvalue weighted by molar-refractivity contribution is 7.98. The molecular weight excluding hydrogens is 370 g/mol. The SMILES string of the molecule is CC1=C(C(N)=O)C(c2ccc(C)cc2)n2nc(SCc3ccccc3)nc2N1. The number of nitrogens with two attached hydrogens (primary N) is 1. The minimum Gasteiger partial charge on any atom is -0.366 e.